The van der Waals surface area contributed by atoms with Crippen molar-refractivity contribution in [2.24, 2.45) is 5.92 Å². The van der Waals surface area contributed by atoms with Gasteiger partial charge in [-0.05, 0) is 24.3 Å². The zero-order valence-corrected chi connectivity index (χ0v) is 13.8. The van der Waals surface area contributed by atoms with Crippen LogP contribution in [0.25, 0.3) is 0 Å². The first-order valence-electron chi connectivity index (χ1n) is 7.06. The van der Waals surface area contributed by atoms with E-state index in [0.29, 0.717) is 10.6 Å². The highest BCUT2D eigenvalue weighted by Crippen LogP contribution is 2.09. The summed E-state index contributed by atoms with van der Waals surface area (Å²) >= 11 is 5.74. The maximum Gasteiger partial charge on any atom is 0.317 e. The summed E-state index contributed by atoms with van der Waals surface area (Å²) in [5.41, 5.74) is 0.480. The lowest BCUT2D eigenvalue weighted by molar-refractivity contribution is -0.141. The zero-order valence-electron chi connectivity index (χ0n) is 13.0. The number of amides is 3. The minimum atomic E-state index is -0.958. The molecule has 1 aromatic carbocycles. The molecule has 0 aliphatic heterocycles. The molecular formula is C15H20ClN3O4. The van der Waals surface area contributed by atoms with Gasteiger partial charge in [0.25, 0.3) is 5.91 Å². The Kier molecular flexibility index (Phi) is 7.34. The lowest BCUT2D eigenvalue weighted by Gasteiger charge is -2.20. The number of urea groups is 1. The summed E-state index contributed by atoms with van der Waals surface area (Å²) in [7, 11) is 1.51. The van der Waals surface area contributed by atoms with Crippen molar-refractivity contribution in [3.8, 4) is 0 Å². The standard InChI is InChI=1S/C15H20ClN3O4/c1-10(14(21)22)9-19(2)15(23)18-8-7-17-13(20)11-3-5-12(16)6-4-11/h3-6,10H,7-9H2,1-2H3,(H,17,20)(H,18,23)(H,21,22). The van der Waals surface area contributed by atoms with Gasteiger partial charge in [0.15, 0.2) is 0 Å². The van der Waals surface area contributed by atoms with Crippen LogP contribution in [0.5, 0.6) is 0 Å². The molecule has 0 spiro atoms. The second kappa shape index (κ2) is 8.99. The molecule has 0 aromatic heterocycles. The molecule has 0 saturated heterocycles. The number of rotatable bonds is 7. The monoisotopic (exact) mass is 341 g/mol. The average Bonchev–Trinajstić information content (AvgIpc) is 2.51. The second-order valence-corrected chi connectivity index (χ2v) is 5.55. The number of nitrogens with one attached hydrogen (secondary N) is 2. The van der Waals surface area contributed by atoms with Crippen molar-refractivity contribution in [2.45, 2.75) is 6.92 Å². The maximum absolute atomic E-state index is 11.8. The fourth-order valence-corrected chi connectivity index (χ4v) is 1.88. The number of aliphatic carboxylic acids is 1. The summed E-state index contributed by atoms with van der Waals surface area (Å²) in [5.74, 6) is -1.86. The summed E-state index contributed by atoms with van der Waals surface area (Å²) in [6, 6.07) is 6.07. The van der Waals surface area contributed by atoms with E-state index in [9.17, 15) is 14.4 Å². The van der Waals surface area contributed by atoms with Gasteiger partial charge in [0.2, 0.25) is 0 Å². The number of carbonyl (C=O) groups excluding carboxylic acids is 2. The van der Waals surface area contributed by atoms with Gasteiger partial charge in [0.05, 0.1) is 5.92 Å². The normalized spacial score (nSPS) is 11.4. The van der Waals surface area contributed by atoms with Crippen LogP contribution >= 0.6 is 11.6 Å². The lowest BCUT2D eigenvalue weighted by Crippen LogP contribution is -2.43. The van der Waals surface area contributed by atoms with Crippen molar-refractivity contribution in [1.82, 2.24) is 15.5 Å². The Bertz CT molecular complexity index is 562. The topological polar surface area (TPSA) is 98.7 Å². The Balaban J connectivity index is 2.28. The van der Waals surface area contributed by atoms with Crippen LogP contribution in [-0.2, 0) is 4.79 Å². The number of carbonyl (C=O) groups is 3. The third kappa shape index (κ3) is 6.56. The van der Waals surface area contributed by atoms with Gasteiger partial charge in [-0.1, -0.05) is 18.5 Å². The van der Waals surface area contributed by atoms with Crippen molar-refractivity contribution in [1.29, 1.82) is 0 Å². The Morgan fingerprint density at radius 3 is 2.30 bits per heavy atom. The van der Waals surface area contributed by atoms with Crippen LogP contribution in [0.3, 0.4) is 0 Å². The van der Waals surface area contributed by atoms with E-state index in [1.165, 1.54) is 18.9 Å². The average molecular weight is 342 g/mol. The summed E-state index contributed by atoms with van der Waals surface area (Å²) in [6.07, 6.45) is 0. The number of hydrogen-bond donors (Lipinski definition) is 3. The third-order valence-corrected chi connectivity index (χ3v) is 3.36. The first-order chi connectivity index (χ1) is 10.8. The van der Waals surface area contributed by atoms with Crippen molar-refractivity contribution < 1.29 is 19.5 Å². The molecule has 1 atom stereocenters. The number of benzene rings is 1. The van der Waals surface area contributed by atoms with Crippen LogP contribution in [0.1, 0.15) is 17.3 Å². The van der Waals surface area contributed by atoms with Crippen molar-refractivity contribution in [2.75, 3.05) is 26.7 Å². The Hall–Kier alpha value is -2.28. The molecule has 1 rings (SSSR count). The van der Waals surface area contributed by atoms with Gasteiger partial charge < -0.3 is 20.6 Å². The molecule has 0 aliphatic rings. The highest BCUT2D eigenvalue weighted by molar-refractivity contribution is 6.30. The molecule has 7 nitrogen and oxygen atoms in total. The van der Waals surface area contributed by atoms with Crippen molar-refractivity contribution >= 4 is 29.5 Å². The highest BCUT2D eigenvalue weighted by atomic mass is 35.5. The van der Waals surface area contributed by atoms with Crippen LogP contribution in [0.2, 0.25) is 5.02 Å². The molecule has 126 valence electrons. The van der Waals surface area contributed by atoms with Crippen LogP contribution in [0, 0.1) is 5.92 Å². The first-order valence-corrected chi connectivity index (χ1v) is 7.44. The molecule has 1 unspecified atom stereocenters. The predicted molar refractivity (Wildman–Crippen MR) is 86.6 cm³/mol. The van der Waals surface area contributed by atoms with E-state index in [2.05, 4.69) is 10.6 Å². The van der Waals surface area contributed by atoms with Gasteiger partial charge in [-0.3, -0.25) is 9.59 Å². The molecule has 0 fully saturated rings. The van der Waals surface area contributed by atoms with Crippen LogP contribution in [0.15, 0.2) is 24.3 Å². The number of carboxylic acids is 1. The van der Waals surface area contributed by atoms with Gasteiger partial charge in [-0.15, -0.1) is 0 Å². The Morgan fingerprint density at radius 2 is 1.74 bits per heavy atom. The Labute approximate surface area is 139 Å². The third-order valence-electron chi connectivity index (χ3n) is 3.11. The molecule has 0 saturated carbocycles. The molecule has 3 N–H and O–H groups in total. The van der Waals surface area contributed by atoms with Gasteiger partial charge in [0, 0.05) is 37.3 Å². The first kappa shape index (κ1) is 18.8. The van der Waals surface area contributed by atoms with E-state index in [4.69, 9.17) is 16.7 Å². The number of halogens is 1. The summed E-state index contributed by atoms with van der Waals surface area (Å²) in [5, 5.41) is 14.6. The maximum atomic E-state index is 11.8. The van der Waals surface area contributed by atoms with Gasteiger partial charge in [-0.2, -0.15) is 0 Å². The quantitative estimate of drug-likeness (QED) is 0.653. The van der Waals surface area contributed by atoms with E-state index in [1.807, 2.05) is 0 Å². The minimum Gasteiger partial charge on any atom is -0.481 e. The molecule has 8 heteroatoms. The number of nitrogens with zero attached hydrogens (tertiary/aromatic N) is 1. The second-order valence-electron chi connectivity index (χ2n) is 5.11. The largest absolute Gasteiger partial charge is 0.481 e. The highest BCUT2D eigenvalue weighted by Gasteiger charge is 2.16. The van der Waals surface area contributed by atoms with Crippen molar-refractivity contribution in [3.63, 3.8) is 0 Å². The van der Waals surface area contributed by atoms with Gasteiger partial charge >= 0.3 is 12.0 Å². The van der Waals surface area contributed by atoms with E-state index in [1.54, 1.807) is 24.3 Å². The molecule has 1 aromatic rings. The van der Waals surface area contributed by atoms with Crippen LogP contribution in [0.4, 0.5) is 4.79 Å². The molecule has 23 heavy (non-hydrogen) atoms. The fraction of sp³-hybridized carbons (Fsp3) is 0.400. The summed E-state index contributed by atoms with van der Waals surface area (Å²) in [6.45, 7) is 2.14. The molecule has 0 aliphatic carbocycles. The number of hydrogen-bond acceptors (Lipinski definition) is 3. The fourth-order valence-electron chi connectivity index (χ4n) is 1.76. The molecule has 0 radical (unpaired) electrons. The summed E-state index contributed by atoms with van der Waals surface area (Å²) in [4.78, 5) is 35.6. The Morgan fingerprint density at radius 1 is 1.17 bits per heavy atom. The van der Waals surface area contributed by atoms with Crippen LogP contribution < -0.4 is 10.6 Å². The number of carboxylic acid groups (broad SMARTS) is 1. The van der Waals surface area contributed by atoms with Gasteiger partial charge in [0.1, 0.15) is 0 Å². The molecular weight excluding hydrogens is 322 g/mol. The van der Waals surface area contributed by atoms with E-state index in [0.717, 1.165) is 0 Å². The van der Waals surface area contributed by atoms with Crippen molar-refractivity contribution in [3.05, 3.63) is 34.9 Å². The molecule has 3 amide bonds. The zero-order chi connectivity index (χ0) is 17.4. The van der Waals surface area contributed by atoms with E-state index >= 15 is 0 Å². The SMILES string of the molecule is CC(CN(C)C(=O)NCCNC(=O)c1ccc(Cl)cc1)C(=O)O. The van der Waals surface area contributed by atoms with Crippen LogP contribution in [-0.4, -0.2) is 54.6 Å². The lowest BCUT2D eigenvalue weighted by atomic mass is 10.2. The predicted octanol–water partition coefficient (Wildman–Crippen LogP) is 1.43. The smallest absolute Gasteiger partial charge is 0.317 e. The van der Waals surface area contributed by atoms with E-state index < -0.39 is 11.9 Å². The van der Waals surface area contributed by atoms with E-state index in [-0.39, 0.29) is 31.6 Å². The summed E-state index contributed by atoms with van der Waals surface area (Å²) < 4.78 is 0. The molecule has 0 heterocycles. The molecule has 0 bridgehead atoms. The van der Waals surface area contributed by atoms with Gasteiger partial charge in [-0.25, -0.2) is 4.79 Å². The minimum absolute atomic E-state index is 0.109.